The van der Waals surface area contributed by atoms with E-state index in [-0.39, 0.29) is 5.91 Å². The van der Waals surface area contributed by atoms with Gasteiger partial charge in [0.05, 0.1) is 4.88 Å². The van der Waals surface area contributed by atoms with Gasteiger partial charge in [0.1, 0.15) is 0 Å². The van der Waals surface area contributed by atoms with E-state index in [1.807, 2.05) is 47.8 Å². The van der Waals surface area contributed by atoms with Crippen molar-refractivity contribution in [3.8, 4) is 22.2 Å². The first-order chi connectivity index (χ1) is 14.2. The predicted octanol–water partition coefficient (Wildman–Crippen LogP) is 3.48. The highest BCUT2D eigenvalue weighted by Crippen LogP contribution is 2.21. The van der Waals surface area contributed by atoms with Crippen LogP contribution < -0.4 is 0 Å². The predicted molar refractivity (Wildman–Crippen MR) is 107 cm³/mol. The van der Waals surface area contributed by atoms with Crippen molar-refractivity contribution in [2.24, 2.45) is 0 Å². The third kappa shape index (κ3) is 4.75. The number of amides is 1. The molecule has 29 heavy (non-hydrogen) atoms. The number of nitrogens with zero attached hydrogens (tertiary/aromatic N) is 5. The lowest BCUT2D eigenvalue weighted by Crippen LogP contribution is -2.29. The molecule has 9 heteroatoms. The molecule has 0 aliphatic carbocycles. The maximum Gasteiger partial charge on any atom is 0.257 e. The Morgan fingerprint density at radius 3 is 2.69 bits per heavy atom. The first-order valence-corrected chi connectivity index (χ1v) is 10.1. The van der Waals surface area contributed by atoms with Gasteiger partial charge in [0.2, 0.25) is 17.6 Å². The molecule has 0 radical (unpaired) electrons. The van der Waals surface area contributed by atoms with Crippen molar-refractivity contribution >= 4 is 17.2 Å². The van der Waals surface area contributed by atoms with Gasteiger partial charge in [-0.3, -0.25) is 4.79 Å². The lowest BCUT2D eigenvalue weighted by Gasteiger charge is -2.15. The number of aryl methyl sites for hydroxylation is 1. The van der Waals surface area contributed by atoms with Gasteiger partial charge >= 0.3 is 0 Å². The third-order valence-corrected chi connectivity index (χ3v) is 5.21. The van der Waals surface area contributed by atoms with Gasteiger partial charge in [-0.2, -0.15) is 9.97 Å². The van der Waals surface area contributed by atoms with Gasteiger partial charge in [0.25, 0.3) is 5.89 Å². The molecule has 0 spiro atoms. The molecule has 0 bridgehead atoms. The van der Waals surface area contributed by atoms with Crippen LogP contribution in [0.15, 0.2) is 56.9 Å². The fourth-order valence-corrected chi connectivity index (χ4v) is 3.36. The summed E-state index contributed by atoms with van der Waals surface area (Å²) in [6, 6.07) is 13.4. The maximum absolute atomic E-state index is 12.4. The zero-order valence-corrected chi connectivity index (χ0v) is 16.6. The second kappa shape index (κ2) is 8.78. The van der Waals surface area contributed by atoms with E-state index in [9.17, 15) is 4.79 Å². The standard InChI is InChI=1S/C20H19N5O3S/c1-25(12-11-16-21-20(28-23-16)14-6-3-2-4-7-14)18(26)10-9-17-22-19(24-27-17)15-8-5-13-29-15/h2-8,13H,9-12H2,1H3. The summed E-state index contributed by atoms with van der Waals surface area (Å²) in [4.78, 5) is 23.7. The Bertz CT molecular complexity index is 1060. The average Bonchev–Trinajstić information content (AvgIpc) is 3.52. The Morgan fingerprint density at radius 1 is 1.03 bits per heavy atom. The van der Waals surface area contributed by atoms with Gasteiger partial charge in [-0.25, -0.2) is 0 Å². The van der Waals surface area contributed by atoms with Crippen LogP contribution in [-0.4, -0.2) is 44.7 Å². The molecule has 0 N–H and O–H groups in total. The van der Waals surface area contributed by atoms with Crippen LogP contribution >= 0.6 is 11.3 Å². The lowest BCUT2D eigenvalue weighted by molar-refractivity contribution is -0.129. The van der Waals surface area contributed by atoms with Crippen LogP contribution in [0.2, 0.25) is 0 Å². The molecule has 0 saturated carbocycles. The summed E-state index contributed by atoms with van der Waals surface area (Å²) in [5.74, 6) is 2.06. The van der Waals surface area contributed by atoms with Gasteiger partial charge in [0.15, 0.2) is 5.82 Å². The highest BCUT2D eigenvalue weighted by molar-refractivity contribution is 7.13. The normalized spacial score (nSPS) is 10.9. The van der Waals surface area contributed by atoms with Gasteiger partial charge in [-0.05, 0) is 23.6 Å². The van der Waals surface area contributed by atoms with Crippen molar-refractivity contribution in [2.75, 3.05) is 13.6 Å². The van der Waals surface area contributed by atoms with E-state index >= 15 is 0 Å². The van der Waals surface area contributed by atoms with Crippen LogP contribution in [-0.2, 0) is 17.6 Å². The highest BCUT2D eigenvalue weighted by Gasteiger charge is 2.15. The minimum absolute atomic E-state index is 0.00680. The van der Waals surface area contributed by atoms with Crippen molar-refractivity contribution in [3.05, 3.63) is 59.6 Å². The van der Waals surface area contributed by atoms with Gasteiger partial charge in [0, 0.05) is 38.4 Å². The number of benzene rings is 1. The van der Waals surface area contributed by atoms with Crippen LogP contribution in [0, 0.1) is 0 Å². The highest BCUT2D eigenvalue weighted by atomic mass is 32.1. The Balaban J connectivity index is 1.25. The fourth-order valence-electron chi connectivity index (χ4n) is 2.71. The second-order valence-corrected chi connectivity index (χ2v) is 7.38. The number of hydrogen-bond acceptors (Lipinski definition) is 8. The summed E-state index contributed by atoms with van der Waals surface area (Å²) in [5, 5.41) is 9.90. The van der Waals surface area contributed by atoms with Crippen molar-refractivity contribution in [1.29, 1.82) is 0 Å². The molecular formula is C20H19N5O3S. The molecule has 3 heterocycles. The van der Waals surface area contributed by atoms with Crippen LogP contribution in [0.5, 0.6) is 0 Å². The van der Waals surface area contributed by atoms with E-state index < -0.39 is 0 Å². The smallest absolute Gasteiger partial charge is 0.257 e. The zero-order chi connectivity index (χ0) is 20.1. The molecule has 1 aromatic carbocycles. The lowest BCUT2D eigenvalue weighted by atomic mass is 10.2. The monoisotopic (exact) mass is 409 g/mol. The molecule has 0 aliphatic rings. The van der Waals surface area contributed by atoms with Crippen molar-refractivity contribution in [3.63, 3.8) is 0 Å². The zero-order valence-electron chi connectivity index (χ0n) is 15.8. The second-order valence-electron chi connectivity index (χ2n) is 6.44. The number of rotatable bonds is 8. The SMILES string of the molecule is CN(CCc1noc(-c2ccccc2)n1)C(=O)CCc1nc(-c2cccs2)no1. The number of carbonyl (C=O) groups excluding carboxylic acids is 1. The molecule has 0 aliphatic heterocycles. The van der Waals surface area contributed by atoms with E-state index in [4.69, 9.17) is 9.05 Å². The molecule has 8 nitrogen and oxygen atoms in total. The molecule has 0 fully saturated rings. The maximum atomic E-state index is 12.4. The Kier molecular flexibility index (Phi) is 5.76. The minimum atomic E-state index is -0.00680. The van der Waals surface area contributed by atoms with Gasteiger partial charge in [-0.15, -0.1) is 11.3 Å². The minimum Gasteiger partial charge on any atom is -0.345 e. The average molecular weight is 409 g/mol. The van der Waals surface area contributed by atoms with Crippen LogP contribution in [0.3, 0.4) is 0 Å². The first kappa shape index (κ1) is 19.0. The van der Waals surface area contributed by atoms with Crippen molar-refractivity contribution in [1.82, 2.24) is 25.2 Å². The van der Waals surface area contributed by atoms with Crippen LogP contribution in [0.4, 0.5) is 0 Å². The molecule has 3 aromatic heterocycles. The van der Waals surface area contributed by atoms with E-state index in [0.29, 0.717) is 49.2 Å². The van der Waals surface area contributed by atoms with Crippen LogP contribution in [0.25, 0.3) is 22.2 Å². The molecule has 148 valence electrons. The quantitative estimate of drug-likeness (QED) is 0.439. The van der Waals surface area contributed by atoms with E-state index in [2.05, 4.69) is 20.3 Å². The first-order valence-electron chi connectivity index (χ1n) is 9.17. The summed E-state index contributed by atoms with van der Waals surface area (Å²) in [6.45, 7) is 0.497. The van der Waals surface area contributed by atoms with Gasteiger partial charge < -0.3 is 13.9 Å². The number of likely N-dealkylation sites (N-methyl/N-ethyl adjacent to an activating group) is 1. The summed E-state index contributed by atoms with van der Waals surface area (Å²) in [6.07, 6.45) is 1.22. The molecule has 4 aromatic rings. The van der Waals surface area contributed by atoms with Crippen LogP contribution in [0.1, 0.15) is 18.1 Å². The summed E-state index contributed by atoms with van der Waals surface area (Å²) in [7, 11) is 1.76. The summed E-state index contributed by atoms with van der Waals surface area (Å²) < 4.78 is 10.5. The Hall–Kier alpha value is -3.33. The molecule has 4 rings (SSSR count). The molecule has 0 atom stereocenters. The van der Waals surface area contributed by atoms with E-state index in [1.54, 1.807) is 23.3 Å². The van der Waals surface area contributed by atoms with Crippen molar-refractivity contribution < 1.29 is 13.8 Å². The summed E-state index contributed by atoms with van der Waals surface area (Å²) >= 11 is 1.54. The fraction of sp³-hybridized carbons (Fsp3) is 0.250. The molecule has 0 unspecified atom stereocenters. The Labute approximate surface area is 171 Å². The number of thiophene rings is 1. The number of carbonyl (C=O) groups is 1. The summed E-state index contributed by atoms with van der Waals surface area (Å²) in [5.41, 5.74) is 0.872. The molecule has 1 amide bonds. The number of aromatic nitrogens is 4. The number of hydrogen-bond donors (Lipinski definition) is 0. The van der Waals surface area contributed by atoms with E-state index in [1.165, 1.54) is 0 Å². The van der Waals surface area contributed by atoms with E-state index in [0.717, 1.165) is 10.4 Å². The third-order valence-electron chi connectivity index (χ3n) is 4.35. The molecule has 0 saturated heterocycles. The molecular weight excluding hydrogens is 390 g/mol. The van der Waals surface area contributed by atoms with Gasteiger partial charge in [-0.1, -0.05) is 34.6 Å². The van der Waals surface area contributed by atoms with Crippen molar-refractivity contribution in [2.45, 2.75) is 19.3 Å². The topological polar surface area (TPSA) is 98.2 Å². The Morgan fingerprint density at radius 2 is 1.90 bits per heavy atom. The largest absolute Gasteiger partial charge is 0.345 e.